The first-order chi connectivity index (χ1) is 14.0. The minimum absolute atomic E-state index is 0.0903. The molecule has 1 atom stereocenters. The molecule has 4 rings (SSSR count). The number of aryl methyl sites for hydroxylation is 1. The largest absolute Gasteiger partial charge is 0.369 e. The van der Waals surface area contributed by atoms with Crippen molar-refractivity contribution in [3.63, 3.8) is 0 Å². The van der Waals surface area contributed by atoms with Gasteiger partial charge in [-0.05, 0) is 43.5 Å². The zero-order valence-corrected chi connectivity index (χ0v) is 16.8. The van der Waals surface area contributed by atoms with Crippen molar-refractivity contribution in [3.8, 4) is 0 Å². The van der Waals surface area contributed by atoms with E-state index < -0.39 is 11.6 Å². The van der Waals surface area contributed by atoms with Crippen LogP contribution in [0.3, 0.4) is 0 Å². The van der Waals surface area contributed by atoms with E-state index in [4.69, 9.17) is 0 Å². The average Bonchev–Trinajstić information content (AvgIpc) is 2.73. The molecule has 4 nitrogen and oxygen atoms in total. The maximum absolute atomic E-state index is 13.5. The molecule has 2 heterocycles. The second-order valence-electron chi connectivity index (χ2n) is 8.01. The van der Waals surface area contributed by atoms with Gasteiger partial charge in [-0.1, -0.05) is 18.2 Å². The zero-order chi connectivity index (χ0) is 20.4. The third-order valence-electron chi connectivity index (χ3n) is 6.08. The molecule has 6 heteroatoms. The van der Waals surface area contributed by atoms with E-state index in [1.165, 1.54) is 11.3 Å². The zero-order valence-electron chi connectivity index (χ0n) is 16.8. The molecule has 2 aromatic carbocycles. The Morgan fingerprint density at radius 2 is 1.66 bits per heavy atom. The number of nitrogens with zero attached hydrogens (tertiary/aromatic N) is 3. The molecule has 2 saturated heterocycles. The molecule has 0 aromatic heterocycles. The molecule has 29 heavy (non-hydrogen) atoms. The van der Waals surface area contributed by atoms with Gasteiger partial charge in [-0.15, -0.1) is 0 Å². The summed E-state index contributed by atoms with van der Waals surface area (Å²) in [5.41, 5.74) is 2.67. The number of piperazine rings is 1. The summed E-state index contributed by atoms with van der Waals surface area (Å²) in [7, 11) is 0. The topological polar surface area (TPSA) is 26.8 Å². The molecule has 2 fully saturated rings. The molecule has 0 radical (unpaired) electrons. The fourth-order valence-electron chi connectivity index (χ4n) is 4.54. The molecule has 1 amide bonds. The van der Waals surface area contributed by atoms with Crippen LogP contribution in [0.4, 0.5) is 14.5 Å². The van der Waals surface area contributed by atoms with Gasteiger partial charge in [0.1, 0.15) is 11.6 Å². The van der Waals surface area contributed by atoms with Crippen molar-refractivity contribution in [2.75, 3.05) is 44.2 Å². The maximum Gasteiger partial charge on any atom is 0.254 e. The van der Waals surface area contributed by atoms with Crippen molar-refractivity contribution in [2.24, 2.45) is 0 Å². The lowest BCUT2D eigenvalue weighted by atomic mass is 10.0. The first-order valence-electron chi connectivity index (χ1n) is 10.3. The molecule has 0 spiro atoms. The molecule has 154 valence electrons. The van der Waals surface area contributed by atoms with Gasteiger partial charge in [0.25, 0.3) is 5.91 Å². The number of carbonyl (C=O) groups is 1. The van der Waals surface area contributed by atoms with Crippen LogP contribution < -0.4 is 4.90 Å². The summed E-state index contributed by atoms with van der Waals surface area (Å²) in [6.07, 6.45) is 1.96. The molecule has 0 unspecified atom stereocenters. The van der Waals surface area contributed by atoms with Crippen LogP contribution in [0.15, 0.2) is 42.5 Å². The number of para-hydroxylation sites is 1. The number of rotatable bonds is 3. The van der Waals surface area contributed by atoms with Crippen LogP contribution in [-0.4, -0.2) is 61.0 Å². The lowest BCUT2D eigenvalue weighted by Crippen LogP contribution is -2.56. The smallest absolute Gasteiger partial charge is 0.254 e. The van der Waals surface area contributed by atoms with Crippen LogP contribution in [0.2, 0.25) is 0 Å². The second-order valence-corrected chi connectivity index (χ2v) is 8.01. The number of amides is 1. The van der Waals surface area contributed by atoms with E-state index in [1.807, 2.05) is 0 Å². The van der Waals surface area contributed by atoms with E-state index in [1.54, 1.807) is 4.90 Å². The number of halogens is 2. The van der Waals surface area contributed by atoms with Crippen molar-refractivity contribution >= 4 is 11.6 Å². The molecule has 2 aliphatic rings. The molecule has 0 N–H and O–H groups in total. The summed E-state index contributed by atoms with van der Waals surface area (Å²) in [6, 6.07) is 11.8. The van der Waals surface area contributed by atoms with Crippen LogP contribution in [0.25, 0.3) is 0 Å². The highest BCUT2D eigenvalue weighted by atomic mass is 19.1. The van der Waals surface area contributed by atoms with E-state index in [-0.39, 0.29) is 11.5 Å². The van der Waals surface area contributed by atoms with Crippen LogP contribution in [-0.2, 0) is 0 Å². The highest BCUT2D eigenvalue weighted by molar-refractivity contribution is 5.94. The highest BCUT2D eigenvalue weighted by Gasteiger charge is 2.30. The lowest BCUT2D eigenvalue weighted by Gasteiger charge is -2.44. The van der Waals surface area contributed by atoms with E-state index in [0.29, 0.717) is 19.1 Å². The molecule has 2 aromatic rings. The van der Waals surface area contributed by atoms with Gasteiger partial charge in [0, 0.05) is 62.6 Å². The quantitative estimate of drug-likeness (QED) is 0.788. The van der Waals surface area contributed by atoms with E-state index in [0.717, 1.165) is 57.2 Å². The third-order valence-corrected chi connectivity index (χ3v) is 6.08. The van der Waals surface area contributed by atoms with Gasteiger partial charge >= 0.3 is 0 Å². The van der Waals surface area contributed by atoms with Crippen molar-refractivity contribution in [1.29, 1.82) is 0 Å². The Kier molecular flexibility index (Phi) is 5.81. The third kappa shape index (κ3) is 4.42. The Morgan fingerprint density at radius 1 is 0.966 bits per heavy atom. The summed E-state index contributed by atoms with van der Waals surface area (Å²) in [5, 5.41) is 0. The van der Waals surface area contributed by atoms with Crippen molar-refractivity contribution in [1.82, 2.24) is 9.80 Å². The average molecular weight is 399 g/mol. The number of benzene rings is 2. The number of hydrogen-bond donors (Lipinski definition) is 0. The predicted molar refractivity (Wildman–Crippen MR) is 110 cm³/mol. The number of hydrogen-bond acceptors (Lipinski definition) is 3. The van der Waals surface area contributed by atoms with Crippen LogP contribution in [0.5, 0.6) is 0 Å². The summed E-state index contributed by atoms with van der Waals surface area (Å²) in [4.78, 5) is 19.4. The second kappa shape index (κ2) is 8.49. The molecular weight excluding hydrogens is 372 g/mol. The summed E-state index contributed by atoms with van der Waals surface area (Å²) in [5.74, 6) is -1.71. The van der Waals surface area contributed by atoms with Gasteiger partial charge in [0.15, 0.2) is 0 Å². The van der Waals surface area contributed by atoms with E-state index >= 15 is 0 Å². The van der Waals surface area contributed by atoms with Gasteiger partial charge in [-0.3, -0.25) is 9.69 Å². The Hall–Kier alpha value is -2.47. The minimum Gasteiger partial charge on any atom is -0.369 e. The molecular formula is C23H27F2N3O. The van der Waals surface area contributed by atoms with Gasteiger partial charge in [-0.25, -0.2) is 8.78 Å². The first-order valence-corrected chi connectivity index (χ1v) is 10.3. The molecule has 2 aliphatic heterocycles. The minimum atomic E-state index is -0.714. The van der Waals surface area contributed by atoms with Gasteiger partial charge < -0.3 is 9.80 Å². The van der Waals surface area contributed by atoms with E-state index in [2.05, 4.69) is 41.0 Å². The SMILES string of the molecule is Cc1ccccc1N1CCN([C@H]2CCCN(C(=O)c3cc(F)cc(F)c3)C2)CC1. The summed E-state index contributed by atoms with van der Waals surface area (Å²) < 4.78 is 27.0. The number of likely N-dealkylation sites (tertiary alicyclic amines) is 1. The number of anilines is 1. The van der Waals surface area contributed by atoms with Crippen molar-refractivity contribution < 1.29 is 13.6 Å². The summed E-state index contributed by atoms with van der Waals surface area (Å²) >= 11 is 0. The van der Waals surface area contributed by atoms with Crippen LogP contribution in [0, 0.1) is 18.6 Å². The predicted octanol–water partition coefficient (Wildman–Crippen LogP) is 3.70. The van der Waals surface area contributed by atoms with Crippen molar-refractivity contribution in [3.05, 3.63) is 65.2 Å². The Bertz CT molecular complexity index is 860. The van der Waals surface area contributed by atoms with E-state index in [9.17, 15) is 13.6 Å². The molecule has 0 aliphatic carbocycles. The maximum atomic E-state index is 13.5. The standard InChI is InChI=1S/C23H27F2N3O/c1-17-5-2-3-7-22(17)27-11-9-26(10-12-27)21-6-4-8-28(16-21)23(29)18-13-19(24)15-20(25)14-18/h2-3,5,7,13-15,21H,4,6,8-12,16H2,1H3/t21-/m0/s1. The Balaban J connectivity index is 1.38. The normalized spacial score (nSPS) is 20.7. The Morgan fingerprint density at radius 3 is 2.34 bits per heavy atom. The van der Waals surface area contributed by atoms with Crippen LogP contribution >= 0.6 is 0 Å². The highest BCUT2D eigenvalue weighted by Crippen LogP contribution is 2.24. The van der Waals surface area contributed by atoms with Crippen molar-refractivity contribution in [2.45, 2.75) is 25.8 Å². The van der Waals surface area contributed by atoms with Gasteiger partial charge in [0.2, 0.25) is 0 Å². The molecule has 0 bridgehead atoms. The number of piperidine rings is 1. The van der Waals surface area contributed by atoms with Gasteiger partial charge in [-0.2, -0.15) is 0 Å². The fraction of sp³-hybridized carbons (Fsp3) is 0.435. The lowest BCUT2D eigenvalue weighted by molar-refractivity contribution is 0.0562. The number of carbonyl (C=O) groups excluding carboxylic acids is 1. The first kappa shape index (κ1) is 19.8. The summed E-state index contributed by atoms with van der Waals surface area (Å²) in [6.45, 7) is 7.22. The Labute approximate surface area is 170 Å². The molecule has 0 saturated carbocycles. The monoisotopic (exact) mass is 399 g/mol. The van der Waals surface area contributed by atoms with Crippen LogP contribution in [0.1, 0.15) is 28.8 Å². The fourth-order valence-corrected chi connectivity index (χ4v) is 4.54. The van der Waals surface area contributed by atoms with Gasteiger partial charge in [0.05, 0.1) is 0 Å².